The topological polar surface area (TPSA) is 57.6 Å². The molecule has 0 aliphatic carbocycles. The molecule has 1 saturated heterocycles. The fourth-order valence-corrected chi connectivity index (χ4v) is 4.75. The van der Waals surface area contributed by atoms with Crippen molar-refractivity contribution in [1.82, 2.24) is 0 Å². The van der Waals surface area contributed by atoms with Crippen LogP contribution in [0.5, 0.6) is 0 Å². The molecule has 1 unspecified atom stereocenters. The number of fused-ring (bicyclic) bond motifs is 1. The minimum absolute atomic E-state index is 0.0418. The van der Waals surface area contributed by atoms with E-state index >= 15 is 0 Å². The van der Waals surface area contributed by atoms with Gasteiger partial charge in [0, 0.05) is 11.3 Å². The van der Waals surface area contributed by atoms with E-state index in [2.05, 4.69) is 20.8 Å². The molecule has 174 valence electrons. The Morgan fingerprint density at radius 1 is 0.771 bits per heavy atom. The molecule has 0 spiro atoms. The van der Waals surface area contributed by atoms with Gasteiger partial charge in [-0.15, -0.1) is 0 Å². The van der Waals surface area contributed by atoms with Gasteiger partial charge in [0.15, 0.2) is 0 Å². The lowest BCUT2D eigenvalue weighted by Crippen LogP contribution is -2.29. The number of aliphatic hydroxyl groups excluding tert-OH is 1. The number of rotatable bonds is 3. The fraction of sp³-hybridized carbons (Fsp3) is 0.161. The molecule has 4 aromatic carbocycles. The number of nitrogens with zero attached hydrogens (tertiary/aromatic N) is 1. The summed E-state index contributed by atoms with van der Waals surface area (Å²) >= 11 is 0. The normalized spacial score (nSPS) is 17.8. The van der Waals surface area contributed by atoms with E-state index in [4.69, 9.17) is 0 Å². The lowest BCUT2D eigenvalue weighted by Gasteiger charge is -2.26. The summed E-state index contributed by atoms with van der Waals surface area (Å²) in [6.45, 7) is 6.38. The van der Waals surface area contributed by atoms with Gasteiger partial charge >= 0.3 is 0 Å². The average Bonchev–Trinajstić information content (AvgIpc) is 3.13. The van der Waals surface area contributed by atoms with Gasteiger partial charge in [-0.05, 0) is 39.4 Å². The molecule has 4 nitrogen and oxygen atoms in total. The van der Waals surface area contributed by atoms with Gasteiger partial charge < -0.3 is 5.11 Å². The minimum atomic E-state index is -0.740. The Morgan fingerprint density at radius 3 is 2.09 bits per heavy atom. The van der Waals surface area contributed by atoms with E-state index in [1.807, 2.05) is 91.0 Å². The number of Topliss-reactive ketones (excluding diaryl/α,β-unsaturated/α-hetero) is 1. The van der Waals surface area contributed by atoms with E-state index in [-0.39, 0.29) is 16.7 Å². The van der Waals surface area contributed by atoms with Crippen LogP contribution in [0, 0.1) is 0 Å². The number of carbonyl (C=O) groups is 2. The molecular weight excluding hydrogens is 434 g/mol. The molecule has 0 saturated carbocycles. The predicted molar refractivity (Wildman–Crippen MR) is 140 cm³/mol. The molecule has 1 atom stereocenters. The maximum absolute atomic E-state index is 13.4. The molecule has 0 aromatic heterocycles. The molecule has 1 fully saturated rings. The van der Waals surface area contributed by atoms with Crippen LogP contribution in [-0.2, 0) is 15.0 Å². The van der Waals surface area contributed by atoms with Crippen LogP contribution >= 0.6 is 0 Å². The molecule has 1 aliphatic heterocycles. The number of ketones is 1. The number of anilines is 1. The van der Waals surface area contributed by atoms with Crippen molar-refractivity contribution in [1.29, 1.82) is 0 Å². The van der Waals surface area contributed by atoms with Crippen molar-refractivity contribution in [3.8, 4) is 0 Å². The molecule has 35 heavy (non-hydrogen) atoms. The third-order valence-corrected chi connectivity index (χ3v) is 6.62. The molecule has 0 bridgehead atoms. The Labute approximate surface area is 205 Å². The van der Waals surface area contributed by atoms with Crippen LogP contribution in [0.25, 0.3) is 16.5 Å². The average molecular weight is 462 g/mol. The van der Waals surface area contributed by atoms with E-state index in [1.54, 1.807) is 6.07 Å². The zero-order valence-corrected chi connectivity index (χ0v) is 20.0. The van der Waals surface area contributed by atoms with E-state index in [0.717, 1.165) is 21.9 Å². The van der Waals surface area contributed by atoms with E-state index in [1.165, 1.54) is 4.90 Å². The molecule has 1 N–H and O–H groups in total. The van der Waals surface area contributed by atoms with Crippen LogP contribution in [0.4, 0.5) is 5.69 Å². The summed E-state index contributed by atoms with van der Waals surface area (Å²) in [6, 6.07) is 29.6. The molecule has 4 heteroatoms. The Morgan fingerprint density at radius 2 is 1.40 bits per heavy atom. The van der Waals surface area contributed by atoms with Crippen LogP contribution in [0.1, 0.15) is 43.5 Å². The van der Waals surface area contributed by atoms with Crippen molar-refractivity contribution in [3.05, 3.63) is 119 Å². The first-order chi connectivity index (χ1) is 16.8. The van der Waals surface area contributed by atoms with E-state index < -0.39 is 17.7 Å². The first-order valence-electron chi connectivity index (χ1n) is 11.7. The standard InChI is InChI=1S/C31H27NO3/c1-31(2,3)22-16-18-23(19-17-22)32-27(21-11-5-4-6-12-21)26(29(34)30(32)35)28(33)25-15-9-13-20-10-7-8-14-24(20)25/h4-19,27,33H,1-3H3/b28-26-. The molecular formula is C31H27NO3. The second-order valence-electron chi connectivity index (χ2n) is 9.90. The van der Waals surface area contributed by atoms with Crippen LogP contribution < -0.4 is 4.90 Å². The number of amides is 1. The van der Waals surface area contributed by atoms with Gasteiger partial charge in [-0.25, -0.2) is 0 Å². The molecule has 4 aromatic rings. The van der Waals surface area contributed by atoms with Gasteiger partial charge in [0.2, 0.25) is 0 Å². The summed E-state index contributed by atoms with van der Waals surface area (Å²) in [7, 11) is 0. The van der Waals surface area contributed by atoms with Gasteiger partial charge in [-0.3, -0.25) is 14.5 Å². The number of hydrogen-bond donors (Lipinski definition) is 1. The summed E-state index contributed by atoms with van der Waals surface area (Å²) in [4.78, 5) is 28.4. The molecule has 1 amide bonds. The zero-order chi connectivity index (χ0) is 24.7. The third-order valence-electron chi connectivity index (χ3n) is 6.62. The molecule has 1 aliphatic rings. The van der Waals surface area contributed by atoms with Gasteiger partial charge in [0.05, 0.1) is 11.6 Å². The van der Waals surface area contributed by atoms with Gasteiger partial charge in [0.25, 0.3) is 11.7 Å². The van der Waals surface area contributed by atoms with E-state index in [0.29, 0.717) is 11.3 Å². The summed E-state index contributed by atoms with van der Waals surface area (Å²) in [5, 5.41) is 13.3. The van der Waals surface area contributed by atoms with Gasteiger partial charge in [0.1, 0.15) is 5.76 Å². The third kappa shape index (κ3) is 3.91. The maximum atomic E-state index is 13.4. The Hall–Kier alpha value is -4.18. The van der Waals surface area contributed by atoms with Crippen molar-refractivity contribution in [2.24, 2.45) is 0 Å². The number of aliphatic hydroxyl groups is 1. The maximum Gasteiger partial charge on any atom is 0.300 e. The Bertz CT molecular complexity index is 1460. The highest BCUT2D eigenvalue weighted by Gasteiger charge is 2.47. The smallest absolute Gasteiger partial charge is 0.300 e. The van der Waals surface area contributed by atoms with Crippen molar-refractivity contribution in [2.75, 3.05) is 4.90 Å². The van der Waals surface area contributed by atoms with E-state index in [9.17, 15) is 14.7 Å². The monoisotopic (exact) mass is 461 g/mol. The van der Waals surface area contributed by atoms with Crippen molar-refractivity contribution < 1.29 is 14.7 Å². The number of benzene rings is 4. The van der Waals surface area contributed by atoms with Crippen LogP contribution in [0.2, 0.25) is 0 Å². The summed E-state index contributed by atoms with van der Waals surface area (Å²) in [5.74, 6) is -1.50. The predicted octanol–water partition coefficient (Wildman–Crippen LogP) is 6.76. The number of hydrogen-bond acceptors (Lipinski definition) is 3. The Kier molecular flexibility index (Phi) is 5.52. The summed E-state index contributed by atoms with van der Waals surface area (Å²) < 4.78 is 0. The lowest BCUT2D eigenvalue weighted by atomic mass is 9.87. The second kappa shape index (κ2) is 8.55. The highest BCUT2D eigenvalue weighted by molar-refractivity contribution is 6.51. The quantitative estimate of drug-likeness (QED) is 0.208. The van der Waals surface area contributed by atoms with Crippen molar-refractivity contribution in [3.63, 3.8) is 0 Å². The summed E-state index contributed by atoms with van der Waals surface area (Å²) in [6.07, 6.45) is 0. The molecule has 5 rings (SSSR count). The second-order valence-corrected chi connectivity index (χ2v) is 9.90. The van der Waals surface area contributed by atoms with Gasteiger partial charge in [-0.2, -0.15) is 0 Å². The van der Waals surface area contributed by atoms with Crippen LogP contribution in [-0.4, -0.2) is 16.8 Å². The minimum Gasteiger partial charge on any atom is -0.507 e. The van der Waals surface area contributed by atoms with Gasteiger partial charge in [-0.1, -0.05) is 106 Å². The SMILES string of the molecule is CC(C)(C)c1ccc(N2C(=O)C(=O)/C(=C(\O)c3cccc4ccccc34)C2c2ccccc2)cc1. The fourth-order valence-electron chi connectivity index (χ4n) is 4.75. The highest BCUT2D eigenvalue weighted by Crippen LogP contribution is 2.43. The highest BCUT2D eigenvalue weighted by atomic mass is 16.3. The van der Waals surface area contributed by atoms with Crippen LogP contribution in [0.15, 0.2) is 103 Å². The number of carbonyl (C=O) groups excluding carboxylic acids is 2. The van der Waals surface area contributed by atoms with Crippen molar-refractivity contribution in [2.45, 2.75) is 32.2 Å². The Balaban J connectivity index is 1.72. The largest absolute Gasteiger partial charge is 0.507 e. The molecule has 0 radical (unpaired) electrons. The van der Waals surface area contributed by atoms with Crippen LogP contribution in [0.3, 0.4) is 0 Å². The molecule has 1 heterocycles. The summed E-state index contributed by atoms with van der Waals surface area (Å²) in [5.41, 5.74) is 3.09. The zero-order valence-electron chi connectivity index (χ0n) is 20.0. The first-order valence-corrected chi connectivity index (χ1v) is 11.7. The first kappa shape index (κ1) is 22.6. The lowest BCUT2D eigenvalue weighted by molar-refractivity contribution is -0.132. The van der Waals surface area contributed by atoms with Crippen molar-refractivity contribution >= 4 is 33.9 Å².